The molecule has 0 radical (unpaired) electrons. The van der Waals surface area contributed by atoms with Crippen LogP contribution in [0.4, 0.5) is 0 Å². The van der Waals surface area contributed by atoms with Crippen LogP contribution in [0.5, 0.6) is 0 Å². The van der Waals surface area contributed by atoms with E-state index < -0.39 is 0 Å². The second-order valence-electron chi connectivity index (χ2n) is 4.41. The fourth-order valence-corrected chi connectivity index (χ4v) is 3.25. The van der Waals surface area contributed by atoms with Crippen molar-refractivity contribution in [3.05, 3.63) is 40.1 Å². The van der Waals surface area contributed by atoms with Crippen LogP contribution in [0.25, 0.3) is 0 Å². The van der Waals surface area contributed by atoms with Gasteiger partial charge < -0.3 is 10.8 Å². The van der Waals surface area contributed by atoms with Crippen LogP contribution in [0.1, 0.15) is 34.6 Å². The number of aliphatic hydroxyl groups is 1. The Morgan fingerprint density at radius 1 is 1.50 bits per heavy atom. The van der Waals surface area contributed by atoms with E-state index >= 15 is 0 Å². The third kappa shape index (κ3) is 1.68. The average molecular weight is 234 g/mol. The molecular formula is C12H14N2OS. The highest BCUT2D eigenvalue weighted by Gasteiger charge is 2.37. The monoisotopic (exact) mass is 234 g/mol. The van der Waals surface area contributed by atoms with Crippen molar-refractivity contribution in [2.45, 2.75) is 30.7 Å². The molecule has 1 aromatic rings. The molecule has 2 aliphatic rings. The first-order chi connectivity index (χ1) is 7.75. The number of hydrogen-bond donors (Lipinski definition) is 2. The Labute approximate surface area is 98.3 Å². The van der Waals surface area contributed by atoms with E-state index in [0.29, 0.717) is 17.7 Å². The molecule has 0 spiro atoms. The van der Waals surface area contributed by atoms with Crippen LogP contribution in [-0.4, -0.2) is 16.1 Å². The van der Waals surface area contributed by atoms with Gasteiger partial charge in [-0.25, -0.2) is 4.98 Å². The predicted octanol–water partition coefficient (Wildman–Crippen LogP) is 2.44. The summed E-state index contributed by atoms with van der Waals surface area (Å²) in [5.41, 5.74) is 5.81. The summed E-state index contributed by atoms with van der Waals surface area (Å²) in [6, 6.07) is 0.300. The molecule has 0 amide bonds. The van der Waals surface area contributed by atoms with Crippen molar-refractivity contribution >= 4 is 11.3 Å². The zero-order valence-electron chi connectivity index (χ0n) is 8.84. The third-order valence-corrected chi connectivity index (χ3v) is 4.42. The highest BCUT2D eigenvalue weighted by molar-refractivity contribution is 7.11. The number of nitrogens with two attached hydrogens (primary N) is 1. The first-order valence-electron chi connectivity index (χ1n) is 5.52. The minimum Gasteiger partial charge on any atom is -0.512 e. The zero-order chi connectivity index (χ0) is 11.1. The number of aromatic nitrogens is 1. The fraction of sp³-hybridized carbons (Fsp3) is 0.417. The maximum Gasteiger partial charge on any atom is 0.101 e. The van der Waals surface area contributed by atoms with E-state index in [1.807, 2.05) is 12.3 Å². The zero-order valence-corrected chi connectivity index (χ0v) is 9.65. The van der Waals surface area contributed by atoms with Gasteiger partial charge in [0.05, 0.1) is 10.9 Å². The Hall–Kier alpha value is -1.13. The molecule has 1 saturated carbocycles. The molecule has 0 saturated heterocycles. The lowest BCUT2D eigenvalue weighted by Gasteiger charge is -2.14. The molecule has 1 aromatic heterocycles. The maximum absolute atomic E-state index is 9.80. The van der Waals surface area contributed by atoms with Gasteiger partial charge in [-0.05, 0) is 18.9 Å². The van der Waals surface area contributed by atoms with Crippen molar-refractivity contribution in [3.8, 4) is 0 Å². The van der Waals surface area contributed by atoms with Gasteiger partial charge in [-0.3, -0.25) is 0 Å². The van der Waals surface area contributed by atoms with Crippen LogP contribution >= 0.6 is 11.3 Å². The lowest BCUT2D eigenvalue weighted by Crippen LogP contribution is -2.01. The van der Waals surface area contributed by atoms with E-state index in [9.17, 15) is 5.11 Å². The van der Waals surface area contributed by atoms with Crippen LogP contribution in [0.15, 0.2) is 30.2 Å². The lowest BCUT2D eigenvalue weighted by atomic mass is 9.98. The van der Waals surface area contributed by atoms with Gasteiger partial charge in [0.2, 0.25) is 0 Å². The Kier molecular flexibility index (Phi) is 2.33. The lowest BCUT2D eigenvalue weighted by molar-refractivity contribution is 0.367. The molecule has 84 valence electrons. The molecule has 1 unspecified atom stereocenters. The SMILES string of the molecule is N[C@H]1C[C@@H]1c1ncc(C2CC=CC=C2O)s1. The Morgan fingerprint density at radius 3 is 3.00 bits per heavy atom. The predicted molar refractivity (Wildman–Crippen MR) is 64.7 cm³/mol. The van der Waals surface area contributed by atoms with Crippen LogP contribution in [0, 0.1) is 0 Å². The normalized spacial score (nSPS) is 32.6. The molecule has 0 aliphatic heterocycles. The van der Waals surface area contributed by atoms with Crippen LogP contribution < -0.4 is 5.73 Å². The van der Waals surface area contributed by atoms with Crippen LogP contribution in [-0.2, 0) is 0 Å². The molecule has 3 rings (SSSR count). The van der Waals surface area contributed by atoms with Gasteiger partial charge in [-0.15, -0.1) is 11.3 Å². The molecule has 1 heterocycles. The minimum atomic E-state index is 0.103. The van der Waals surface area contributed by atoms with Crippen molar-refractivity contribution in [2.75, 3.05) is 0 Å². The van der Waals surface area contributed by atoms with Crippen LogP contribution in [0.3, 0.4) is 0 Å². The quantitative estimate of drug-likeness (QED) is 0.826. The van der Waals surface area contributed by atoms with Gasteiger partial charge in [-0.1, -0.05) is 12.2 Å². The van der Waals surface area contributed by atoms with E-state index in [-0.39, 0.29) is 5.92 Å². The molecule has 1 fully saturated rings. The number of hydrogen-bond acceptors (Lipinski definition) is 4. The maximum atomic E-state index is 9.80. The topological polar surface area (TPSA) is 59.1 Å². The smallest absolute Gasteiger partial charge is 0.101 e. The largest absolute Gasteiger partial charge is 0.512 e. The summed E-state index contributed by atoms with van der Waals surface area (Å²) in [6.07, 6.45) is 9.53. The standard InChI is InChI=1S/C12H14N2OS/c13-9-5-8(9)12-14-6-11(16-12)7-3-1-2-4-10(7)15/h1-2,4,6-9,15H,3,5,13H2/t7?,8-,9-/m0/s1. The Morgan fingerprint density at radius 2 is 2.31 bits per heavy atom. The highest BCUT2D eigenvalue weighted by atomic mass is 32.1. The highest BCUT2D eigenvalue weighted by Crippen LogP contribution is 2.43. The third-order valence-electron chi connectivity index (χ3n) is 3.17. The Balaban J connectivity index is 1.82. The average Bonchev–Trinajstić information content (AvgIpc) is 2.82. The van der Waals surface area contributed by atoms with E-state index in [1.54, 1.807) is 17.4 Å². The number of thiazole rings is 1. The first-order valence-corrected chi connectivity index (χ1v) is 6.34. The molecule has 16 heavy (non-hydrogen) atoms. The molecule has 4 heteroatoms. The summed E-state index contributed by atoms with van der Waals surface area (Å²) in [4.78, 5) is 5.56. The molecule has 0 bridgehead atoms. The van der Waals surface area contributed by atoms with Crippen molar-refractivity contribution in [1.82, 2.24) is 4.98 Å². The molecule has 0 aromatic carbocycles. The van der Waals surface area contributed by atoms with Gasteiger partial charge in [0, 0.05) is 23.0 Å². The van der Waals surface area contributed by atoms with Gasteiger partial charge in [0.25, 0.3) is 0 Å². The van der Waals surface area contributed by atoms with Crippen LogP contribution in [0.2, 0.25) is 0 Å². The molecule has 2 aliphatic carbocycles. The summed E-state index contributed by atoms with van der Waals surface area (Å²) in [5, 5.41) is 10.9. The van der Waals surface area contributed by atoms with Crippen molar-refractivity contribution in [1.29, 1.82) is 0 Å². The van der Waals surface area contributed by atoms with E-state index in [4.69, 9.17) is 5.73 Å². The summed E-state index contributed by atoms with van der Waals surface area (Å²) in [6.45, 7) is 0. The summed E-state index contributed by atoms with van der Waals surface area (Å²) in [5.74, 6) is 1.01. The first kappa shape index (κ1) is 10.1. The second-order valence-corrected chi connectivity index (χ2v) is 5.51. The summed E-state index contributed by atoms with van der Waals surface area (Å²) >= 11 is 1.69. The van der Waals surface area contributed by atoms with Gasteiger partial charge >= 0.3 is 0 Å². The van der Waals surface area contributed by atoms with Crippen molar-refractivity contribution < 1.29 is 5.11 Å². The summed E-state index contributed by atoms with van der Waals surface area (Å²) in [7, 11) is 0. The molecule has 3 atom stereocenters. The van der Waals surface area contributed by atoms with E-state index in [2.05, 4.69) is 11.1 Å². The number of aliphatic hydroxyl groups excluding tert-OH is 1. The van der Waals surface area contributed by atoms with Crippen molar-refractivity contribution in [2.24, 2.45) is 5.73 Å². The Bertz CT molecular complexity index is 463. The molecular weight excluding hydrogens is 220 g/mol. The van der Waals surface area contributed by atoms with Gasteiger partial charge in [-0.2, -0.15) is 0 Å². The fourth-order valence-electron chi connectivity index (χ4n) is 2.01. The number of allylic oxidation sites excluding steroid dienone is 4. The number of rotatable bonds is 2. The molecule has 3 nitrogen and oxygen atoms in total. The van der Waals surface area contributed by atoms with E-state index in [0.717, 1.165) is 22.7 Å². The van der Waals surface area contributed by atoms with E-state index in [1.165, 1.54) is 0 Å². The van der Waals surface area contributed by atoms with Crippen molar-refractivity contribution in [3.63, 3.8) is 0 Å². The van der Waals surface area contributed by atoms with Gasteiger partial charge in [0.15, 0.2) is 0 Å². The number of nitrogens with zero attached hydrogens (tertiary/aromatic N) is 1. The van der Waals surface area contributed by atoms with Gasteiger partial charge in [0.1, 0.15) is 5.76 Å². The molecule has 3 N–H and O–H groups in total. The minimum absolute atomic E-state index is 0.103. The second kappa shape index (κ2) is 3.71. The summed E-state index contributed by atoms with van der Waals surface area (Å²) < 4.78 is 0.